The zero-order chi connectivity index (χ0) is 14.8. The van der Waals surface area contributed by atoms with Crippen molar-refractivity contribution in [2.75, 3.05) is 0 Å². The minimum atomic E-state index is -4.31. The highest BCUT2D eigenvalue weighted by atomic mass is 19.4. The average molecular weight is 283 g/mol. The first-order valence-electron chi connectivity index (χ1n) is 6.27. The summed E-state index contributed by atoms with van der Waals surface area (Å²) in [5, 5.41) is 9.92. The number of H-pyrrole nitrogens is 1. The maximum atomic E-state index is 12.7. The van der Waals surface area contributed by atoms with Crippen molar-refractivity contribution in [3.63, 3.8) is 0 Å². The lowest BCUT2D eigenvalue weighted by Gasteiger charge is -2.16. The quantitative estimate of drug-likeness (QED) is 0.900. The van der Waals surface area contributed by atoms with E-state index < -0.39 is 11.7 Å². The van der Waals surface area contributed by atoms with Gasteiger partial charge in [-0.05, 0) is 31.5 Å². The zero-order valence-electron chi connectivity index (χ0n) is 11.3. The van der Waals surface area contributed by atoms with Crippen LogP contribution in [0.3, 0.4) is 0 Å². The van der Waals surface area contributed by atoms with Crippen LogP contribution in [-0.4, -0.2) is 10.2 Å². The van der Waals surface area contributed by atoms with Crippen molar-refractivity contribution in [3.8, 4) is 0 Å². The molecule has 1 heterocycles. The molecule has 0 aliphatic carbocycles. The second kappa shape index (κ2) is 5.66. The summed E-state index contributed by atoms with van der Waals surface area (Å²) in [7, 11) is 0. The van der Waals surface area contributed by atoms with Crippen LogP contribution in [0.5, 0.6) is 0 Å². The van der Waals surface area contributed by atoms with Crippen LogP contribution in [0.1, 0.15) is 35.3 Å². The van der Waals surface area contributed by atoms with Gasteiger partial charge in [0.05, 0.1) is 11.8 Å². The van der Waals surface area contributed by atoms with Gasteiger partial charge in [-0.25, -0.2) is 0 Å². The summed E-state index contributed by atoms with van der Waals surface area (Å²) in [5.74, 6) is 0. The van der Waals surface area contributed by atoms with E-state index in [4.69, 9.17) is 0 Å². The Kier molecular flexibility index (Phi) is 4.13. The number of hydrogen-bond donors (Lipinski definition) is 2. The van der Waals surface area contributed by atoms with Crippen LogP contribution < -0.4 is 5.32 Å². The Morgan fingerprint density at radius 1 is 1.35 bits per heavy atom. The van der Waals surface area contributed by atoms with Crippen molar-refractivity contribution >= 4 is 0 Å². The fraction of sp³-hybridized carbons (Fsp3) is 0.357. The van der Waals surface area contributed by atoms with Crippen LogP contribution >= 0.6 is 0 Å². The van der Waals surface area contributed by atoms with Crippen molar-refractivity contribution < 1.29 is 13.2 Å². The molecular formula is C14H16F3N3. The Bertz CT molecular complexity index is 575. The number of halogens is 3. The Labute approximate surface area is 115 Å². The van der Waals surface area contributed by atoms with E-state index in [1.807, 2.05) is 13.8 Å². The minimum absolute atomic E-state index is 0.174. The number of alkyl halides is 3. The Hall–Kier alpha value is -1.82. The first-order valence-corrected chi connectivity index (χ1v) is 6.27. The molecule has 0 saturated carbocycles. The third-order valence-corrected chi connectivity index (χ3v) is 3.25. The van der Waals surface area contributed by atoms with Gasteiger partial charge >= 0.3 is 6.18 Å². The number of aromatic amines is 1. The van der Waals surface area contributed by atoms with E-state index >= 15 is 0 Å². The van der Waals surface area contributed by atoms with Gasteiger partial charge in [-0.3, -0.25) is 5.10 Å². The molecule has 0 aliphatic rings. The summed E-state index contributed by atoms with van der Waals surface area (Å²) in [4.78, 5) is 0. The summed E-state index contributed by atoms with van der Waals surface area (Å²) in [6.07, 6.45) is -2.60. The smallest absolute Gasteiger partial charge is 0.306 e. The highest BCUT2D eigenvalue weighted by molar-refractivity contribution is 5.28. The molecule has 0 spiro atoms. The minimum Gasteiger partial charge on any atom is -0.306 e. The molecule has 0 fully saturated rings. The Morgan fingerprint density at radius 2 is 2.10 bits per heavy atom. The summed E-state index contributed by atoms with van der Waals surface area (Å²) in [6, 6.07) is 5.21. The average Bonchev–Trinajstić information content (AvgIpc) is 2.81. The molecule has 0 bridgehead atoms. The molecule has 1 atom stereocenters. The SMILES string of the molecule is Cc1[nH]ncc1CN[C@H](C)c1cccc(C(F)(F)F)c1. The number of nitrogens with zero attached hydrogens (tertiary/aromatic N) is 1. The van der Waals surface area contributed by atoms with Gasteiger partial charge in [-0.2, -0.15) is 18.3 Å². The van der Waals surface area contributed by atoms with E-state index in [0.29, 0.717) is 12.1 Å². The number of hydrogen-bond acceptors (Lipinski definition) is 2. The van der Waals surface area contributed by atoms with Gasteiger partial charge in [0, 0.05) is 23.8 Å². The van der Waals surface area contributed by atoms with Gasteiger partial charge in [0.25, 0.3) is 0 Å². The monoisotopic (exact) mass is 283 g/mol. The normalized spacial score (nSPS) is 13.4. The molecule has 2 aromatic rings. The van der Waals surface area contributed by atoms with E-state index in [0.717, 1.165) is 17.3 Å². The Morgan fingerprint density at radius 3 is 2.70 bits per heavy atom. The van der Waals surface area contributed by atoms with Gasteiger partial charge in [-0.15, -0.1) is 0 Å². The van der Waals surface area contributed by atoms with Crippen LogP contribution in [0.25, 0.3) is 0 Å². The fourth-order valence-corrected chi connectivity index (χ4v) is 1.92. The van der Waals surface area contributed by atoms with Crippen LogP contribution in [0.4, 0.5) is 13.2 Å². The number of benzene rings is 1. The molecular weight excluding hydrogens is 267 g/mol. The molecule has 0 amide bonds. The van der Waals surface area contributed by atoms with Gasteiger partial charge in [0.1, 0.15) is 0 Å². The summed E-state index contributed by atoms with van der Waals surface area (Å²) < 4.78 is 38.0. The van der Waals surface area contributed by atoms with E-state index in [2.05, 4.69) is 15.5 Å². The van der Waals surface area contributed by atoms with E-state index in [1.165, 1.54) is 12.1 Å². The molecule has 1 aromatic carbocycles. The highest BCUT2D eigenvalue weighted by Gasteiger charge is 2.30. The molecule has 3 nitrogen and oxygen atoms in total. The lowest BCUT2D eigenvalue weighted by atomic mass is 10.0. The third-order valence-electron chi connectivity index (χ3n) is 3.25. The second-order valence-electron chi connectivity index (χ2n) is 4.75. The molecule has 0 unspecified atom stereocenters. The molecule has 1 aromatic heterocycles. The van der Waals surface area contributed by atoms with E-state index in [1.54, 1.807) is 12.3 Å². The van der Waals surface area contributed by atoms with Crippen molar-refractivity contribution in [2.45, 2.75) is 32.6 Å². The predicted molar refractivity (Wildman–Crippen MR) is 70.0 cm³/mol. The van der Waals surface area contributed by atoms with Crippen molar-refractivity contribution in [1.29, 1.82) is 0 Å². The van der Waals surface area contributed by atoms with Crippen LogP contribution in [0, 0.1) is 6.92 Å². The van der Waals surface area contributed by atoms with Crippen molar-refractivity contribution in [1.82, 2.24) is 15.5 Å². The number of aromatic nitrogens is 2. The van der Waals surface area contributed by atoms with Crippen LogP contribution in [-0.2, 0) is 12.7 Å². The fourth-order valence-electron chi connectivity index (χ4n) is 1.92. The Balaban J connectivity index is 2.06. The highest BCUT2D eigenvalue weighted by Crippen LogP contribution is 2.30. The molecule has 6 heteroatoms. The maximum absolute atomic E-state index is 12.7. The van der Waals surface area contributed by atoms with Crippen LogP contribution in [0.15, 0.2) is 30.5 Å². The second-order valence-corrected chi connectivity index (χ2v) is 4.75. The largest absolute Gasteiger partial charge is 0.416 e. The lowest BCUT2D eigenvalue weighted by molar-refractivity contribution is -0.137. The molecule has 0 aliphatic heterocycles. The summed E-state index contributed by atoms with van der Waals surface area (Å²) >= 11 is 0. The number of nitrogens with one attached hydrogen (secondary N) is 2. The predicted octanol–water partition coefficient (Wildman–Crippen LogP) is 3.59. The topological polar surface area (TPSA) is 40.7 Å². The van der Waals surface area contributed by atoms with Gasteiger partial charge in [0.2, 0.25) is 0 Å². The van der Waals surface area contributed by atoms with Gasteiger partial charge in [0.15, 0.2) is 0 Å². The molecule has 20 heavy (non-hydrogen) atoms. The van der Waals surface area contributed by atoms with E-state index in [9.17, 15) is 13.2 Å². The van der Waals surface area contributed by atoms with Crippen molar-refractivity contribution in [3.05, 3.63) is 52.8 Å². The summed E-state index contributed by atoms with van der Waals surface area (Å²) in [5.41, 5.74) is 1.95. The lowest BCUT2D eigenvalue weighted by Crippen LogP contribution is -2.19. The van der Waals surface area contributed by atoms with Crippen molar-refractivity contribution in [2.24, 2.45) is 0 Å². The molecule has 2 rings (SSSR count). The molecule has 0 radical (unpaired) electrons. The number of rotatable bonds is 4. The zero-order valence-corrected chi connectivity index (χ0v) is 11.3. The maximum Gasteiger partial charge on any atom is 0.416 e. The van der Waals surface area contributed by atoms with Gasteiger partial charge < -0.3 is 5.32 Å². The van der Waals surface area contributed by atoms with E-state index in [-0.39, 0.29) is 6.04 Å². The first-order chi connectivity index (χ1) is 9.38. The number of aryl methyl sites for hydroxylation is 1. The third kappa shape index (κ3) is 3.39. The standard InChI is InChI=1S/C14H16F3N3/c1-9(18-7-12-8-19-20-10(12)2)11-4-3-5-13(6-11)14(15,16)17/h3-6,8-9,18H,7H2,1-2H3,(H,19,20)/t9-/m1/s1. The molecule has 2 N–H and O–H groups in total. The summed E-state index contributed by atoms with van der Waals surface area (Å²) in [6.45, 7) is 4.30. The molecule has 108 valence electrons. The molecule has 0 saturated heterocycles. The van der Waals surface area contributed by atoms with Crippen LogP contribution in [0.2, 0.25) is 0 Å². The first kappa shape index (κ1) is 14.6. The van der Waals surface area contributed by atoms with Gasteiger partial charge in [-0.1, -0.05) is 12.1 Å².